The molecule has 0 aliphatic rings. The van der Waals surface area contributed by atoms with Gasteiger partial charge in [-0.3, -0.25) is 4.79 Å². The molecule has 2 aromatic rings. The van der Waals surface area contributed by atoms with E-state index in [2.05, 4.69) is 20.7 Å². The molecule has 6 nitrogen and oxygen atoms in total. The minimum Gasteiger partial charge on any atom is -0.374 e. The number of nitrogens with one attached hydrogen (secondary N) is 1. The van der Waals surface area contributed by atoms with E-state index in [1.807, 2.05) is 36.4 Å². The first-order valence-corrected chi connectivity index (χ1v) is 6.67. The van der Waals surface area contributed by atoms with Crippen LogP contribution in [0.5, 0.6) is 0 Å². The Morgan fingerprint density at radius 2 is 2.15 bits per heavy atom. The lowest BCUT2D eigenvalue weighted by Gasteiger charge is -1.94. The number of nitrogen functional groups attached to an aromatic ring is 1. The highest BCUT2D eigenvalue weighted by Crippen LogP contribution is 2.10. The quantitative estimate of drug-likeness (QED) is 0.643. The molecule has 2 rings (SSSR count). The number of nitrogens with zero attached hydrogens (tertiary/aromatic N) is 3. The zero-order chi connectivity index (χ0) is 14.2. The molecule has 1 aromatic carbocycles. The van der Waals surface area contributed by atoms with Crippen LogP contribution < -0.4 is 11.2 Å². The SMILES string of the molecule is Nc1nnc(CC(=O)N/N=C\C=C\c2ccccc2)s1. The van der Waals surface area contributed by atoms with Crippen LogP contribution in [0.3, 0.4) is 0 Å². The average molecular weight is 287 g/mol. The summed E-state index contributed by atoms with van der Waals surface area (Å²) in [6.07, 6.45) is 5.27. The first kappa shape index (κ1) is 13.9. The maximum Gasteiger partial charge on any atom is 0.247 e. The van der Waals surface area contributed by atoms with E-state index in [1.165, 1.54) is 17.6 Å². The van der Waals surface area contributed by atoms with Crippen molar-refractivity contribution in [1.29, 1.82) is 0 Å². The van der Waals surface area contributed by atoms with E-state index in [9.17, 15) is 4.79 Å². The van der Waals surface area contributed by atoms with E-state index in [4.69, 9.17) is 5.73 Å². The van der Waals surface area contributed by atoms with Gasteiger partial charge in [0, 0.05) is 6.21 Å². The van der Waals surface area contributed by atoms with Crippen LogP contribution in [0.2, 0.25) is 0 Å². The summed E-state index contributed by atoms with van der Waals surface area (Å²) >= 11 is 1.19. The van der Waals surface area contributed by atoms with E-state index in [0.717, 1.165) is 5.56 Å². The molecule has 0 atom stereocenters. The van der Waals surface area contributed by atoms with Crippen LogP contribution in [-0.2, 0) is 11.2 Å². The van der Waals surface area contributed by atoms with Crippen LogP contribution in [0.4, 0.5) is 5.13 Å². The second kappa shape index (κ2) is 7.15. The average Bonchev–Trinajstić information content (AvgIpc) is 2.85. The summed E-state index contributed by atoms with van der Waals surface area (Å²) in [4.78, 5) is 11.5. The van der Waals surface area contributed by atoms with Gasteiger partial charge in [0.05, 0.1) is 6.42 Å². The van der Waals surface area contributed by atoms with Gasteiger partial charge in [0.15, 0.2) is 0 Å². The number of anilines is 1. The summed E-state index contributed by atoms with van der Waals surface area (Å²) in [6, 6.07) is 9.80. The summed E-state index contributed by atoms with van der Waals surface area (Å²) in [7, 11) is 0. The molecular formula is C13H13N5OS. The second-order valence-electron chi connectivity index (χ2n) is 3.79. The molecule has 0 fully saturated rings. The maximum atomic E-state index is 11.5. The van der Waals surface area contributed by atoms with E-state index < -0.39 is 0 Å². The lowest BCUT2D eigenvalue weighted by molar-refractivity contribution is -0.120. The zero-order valence-electron chi connectivity index (χ0n) is 10.6. The van der Waals surface area contributed by atoms with Gasteiger partial charge in [0.2, 0.25) is 11.0 Å². The monoisotopic (exact) mass is 287 g/mol. The number of allylic oxidation sites excluding steroid dienone is 1. The number of benzene rings is 1. The minimum atomic E-state index is -0.259. The summed E-state index contributed by atoms with van der Waals surface area (Å²) in [5, 5.41) is 12.1. The van der Waals surface area contributed by atoms with Crippen molar-refractivity contribution in [3.8, 4) is 0 Å². The van der Waals surface area contributed by atoms with E-state index in [0.29, 0.717) is 10.1 Å². The highest BCUT2D eigenvalue weighted by atomic mass is 32.1. The van der Waals surface area contributed by atoms with Gasteiger partial charge >= 0.3 is 0 Å². The molecule has 0 aliphatic carbocycles. The molecule has 0 unspecified atom stereocenters. The van der Waals surface area contributed by atoms with Crippen molar-refractivity contribution in [3.05, 3.63) is 47.0 Å². The molecule has 20 heavy (non-hydrogen) atoms. The van der Waals surface area contributed by atoms with Crippen molar-refractivity contribution in [2.24, 2.45) is 5.10 Å². The first-order valence-electron chi connectivity index (χ1n) is 5.85. The summed E-state index contributed by atoms with van der Waals surface area (Å²) in [5.74, 6) is -0.259. The third-order valence-electron chi connectivity index (χ3n) is 2.23. The summed E-state index contributed by atoms with van der Waals surface area (Å²) in [5.41, 5.74) is 8.89. The Morgan fingerprint density at radius 1 is 1.35 bits per heavy atom. The third kappa shape index (κ3) is 4.62. The molecular weight excluding hydrogens is 274 g/mol. The molecule has 0 saturated carbocycles. The van der Waals surface area contributed by atoms with Gasteiger partial charge in [-0.15, -0.1) is 10.2 Å². The number of hydrogen-bond donors (Lipinski definition) is 2. The fourth-order valence-corrected chi connectivity index (χ4v) is 1.99. The molecule has 1 amide bonds. The third-order valence-corrected chi connectivity index (χ3v) is 2.98. The fourth-order valence-electron chi connectivity index (χ4n) is 1.39. The van der Waals surface area contributed by atoms with Crippen molar-refractivity contribution in [3.63, 3.8) is 0 Å². The predicted molar refractivity (Wildman–Crippen MR) is 80.1 cm³/mol. The normalized spacial score (nSPS) is 11.2. The highest BCUT2D eigenvalue weighted by Gasteiger charge is 2.06. The number of aromatic nitrogens is 2. The van der Waals surface area contributed by atoms with Gasteiger partial charge in [0.1, 0.15) is 5.01 Å². The molecule has 7 heteroatoms. The van der Waals surface area contributed by atoms with Gasteiger partial charge in [-0.25, -0.2) is 5.43 Å². The van der Waals surface area contributed by atoms with Crippen LogP contribution in [0, 0.1) is 0 Å². The van der Waals surface area contributed by atoms with Crippen LogP contribution in [0.25, 0.3) is 6.08 Å². The number of nitrogens with two attached hydrogens (primary N) is 1. The maximum absolute atomic E-state index is 11.5. The Hall–Kier alpha value is -2.54. The number of amides is 1. The fraction of sp³-hybridized carbons (Fsp3) is 0.0769. The Labute approximate surface area is 120 Å². The largest absolute Gasteiger partial charge is 0.374 e. The molecule has 3 N–H and O–H groups in total. The predicted octanol–water partition coefficient (Wildman–Crippen LogP) is 1.48. The second-order valence-corrected chi connectivity index (χ2v) is 4.89. The summed E-state index contributed by atoms with van der Waals surface area (Å²) < 4.78 is 0. The number of hydrogen-bond acceptors (Lipinski definition) is 6. The smallest absolute Gasteiger partial charge is 0.247 e. The van der Waals surface area contributed by atoms with Crippen molar-refractivity contribution >= 4 is 34.7 Å². The molecule has 0 saturated heterocycles. The Bertz CT molecular complexity index is 621. The van der Waals surface area contributed by atoms with E-state index in [1.54, 1.807) is 6.08 Å². The van der Waals surface area contributed by atoms with Gasteiger partial charge < -0.3 is 5.73 Å². The Morgan fingerprint density at radius 3 is 2.85 bits per heavy atom. The minimum absolute atomic E-state index is 0.120. The molecule has 102 valence electrons. The number of hydrazone groups is 1. The van der Waals surface area contributed by atoms with Crippen LogP contribution in [-0.4, -0.2) is 22.3 Å². The van der Waals surface area contributed by atoms with Crippen molar-refractivity contribution in [2.45, 2.75) is 6.42 Å². The van der Waals surface area contributed by atoms with Gasteiger partial charge in [0.25, 0.3) is 0 Å². The molecule has 0 aliphatic heterocycles. The van der Waals surface area contributed by atoms with Crippen LogP contribution in [0.1, 0.15) is 10.6 Å². The van der Waals surface area contributed by atoms with E-state index >= 15 is 0 Å². The molecule has 0 spiro atoms. The van der Waals surface area contributed by atoms with Crippen LogP contribution in [0.15, 0.2) is 41.5 Å². The molecule has 1 aromatic heterocycles. The Kier molecular flexibility index (Phi) is 4.96. The van der Waals surface area contributed by atoms with Crippen molar-refractivity contribution in [2.75, 3.05) is 5.73 Å². The molecule has 1 heterocycles. The lowest BCUT2D eigenvalue weighted by atomic mass is 10.2. The van der Waals surface area contributed by atoms with Gasteiger partial charge in [-0.05, 0) is 11.6 Å². The zero-order valence-corrected chi connectivity index (χ0v) is 11.4. The summed E-state index contributed by atoms with van der Waals surface area (Å²) in [6.45, 7) is 0. The number of carbonyl (C=O) groups is 1. The van der Waals surface area contributed by atoms with Crippen molar-refractivity contribution in [1.82, 2.24) is 15.6 Å². The first-order chi connectivity index (χ1) is 9.74. The van der Waals surface area contributed by atoms with Crippen LogP contribution >= 0.6 is 11.3 Å². The van der Waals surface area contributed by atoms with Gasteiger partial charge in [-0.2, -0.15) is 5.10 Å². The Balaban J connectivity index is 1.76. The van der Waals surface area contributed by atoms with Crippen molar-refractivity contribution < 1.29 is 4.79 Å². The standard InChI is InChI=1S/C13H13N5OS/c14-13-18-17-12(20-13)9-11(19)16-15-8-4-7-10-5-2-1-3-6-10/h1-8H,9H2,(H2,14,18)(H,16,19)/b7-4+,15-8-. The topological polar surface area (TPSA) is 93.3 Å². The van der Waals surface area contributed by atoms with Gasteiger partial charge in [-0.1, -0.05) is 47.7 Å². The highest BCUT2D eigenvalue weighted by molar-refractivity contribution is 7.15. The lowest BCUT2D eigenvalue weighted by Crippen LogP contribution is -2.19. The molecule has 0 bridgehead atoms. The van der Waals surface area contributed by atoms with E-state index in [-0.39, 0.29) is 12.3 Å². The molecule has 0 radical (unpaired) electrons. The number of carbonyl (C=O) groups excluding carboxylic acids is 1. The number of rotatable bonds is 5.